The van der Waals surface area contributed by atoms with Gasteiger partial charge < -0.3 is 15.7 Å². The first-order valence-corrected chi connectivity index (χ1v) is 6.44. The summed E-state index contributed by atoms with van der Waals surface area (Å²) in [4.78, 5) is 22.6. The number of amides is 2. The highest BCUT2D eigenvalue weighted by molar-refractivity contribution is 5.74. The average Bonchev–Trinajstić information content (AvgIpc) is 2.36. The second-order valence-electron chi connectivity index (χ2n) is 4.87. The van der Waals surface area contributed by atoms with Crippen molar-refractivity contribution in [3.8, 4) is 0 Å². The third-order valence-corrected chi connectivity index (χ3v) is 3.46. The number of nitrogens with one attached hydrogen (secondary N) is 2. The van der Waals surface area contributed by atoms with Crippen LogP contribution >= 0.6 is 0 Å². The summed E-state index contributed by atoms with van der Waals surface area (Å²) >= 11 is 0. The molecule has 0 bridgehead atoms. The molecule has 1 aliphatic carbocycles. The van der Waals surface area contributed by atoms with Gasteiger partial charge in [-0.05, 0) is 25.7 Å². The number of carboxylic acids is 1. The van der Waals surface area contributed by atoms with Crippen molar-refractivity contribution < 1.29 is 14.7 Å². The molecule has 1 saturated carbocycles. The van der Waals surface area contributed by atoms with Gasteiger partial charge in [-0.1, -0.05) is 18.9 Å². The van der Waals surface area contributed by atoms with Crippen LogP contribution in [0.1, 0.15) is 32.6 Å². The molecule has 0 radical (unpaired) electrons. The van der Waals surface area contributed by atoms with Gasteiger partial charge in [-0.2, -0.15) is 0 Å². The van der Waals surface area contributed by atoms with Crippen molar-refractivity contribution in [2.75, 3.05) is 6.54 Å². The van der Waals surface area contributed by atoms with E-state index in [0.717, 1.165) is 19.3 Å². The molecule has 18 heavy (non-hydrogen) atoms. The molecule has 1 aliphatic rings. The predicted octanol–water partition coefficient (Wildman–Crippen LogP) is 1.75. The molecule has 3 atom stereocenters. The van der Waals surface area contributed by atoms with Crippen LogP contribution in [-0.4, -0.2) is 29.7 Å². The van der Waals surface area contributed by atoms with E-state index in [1.54, 1.807) is 6.08 Å². The first kappa shape index (κ1) is 14.5. The zero-order valence-electron chi connectivity index (χ0n) is 10.8. The van der Waals surface area contributed by atoms with E-state index in [2.05, 4.69) is 17.2 Å². The van der Waals surface area contributed by atoms with Crippen LogP contribution in [0.25, 0.3) is 0 Å². The number of rotatable bonds is 5. The average molecular weight is 254 g/mol. The molecule has 0 aliphatic heterocycles. The van der Waals surface area contributed by atoms with E-state index < -0.39 is 5.97 Å². The smallest absolute Gasteiger partial charge is 0.315 e. The Kier molecular flexibility index (Phi) is 5.68. The minimum Gasteiger partial charge on any atom is -0.481 e. The van der Waals surface area contributed by atoms with Crippen LogP contribution in [0.15, 0.2) is 12.7 Å². The second-order valence-corrected chi connectivity index (χ2v) is 4.87. The normalized spacial score (nSPS) is 24.9. The van der Waals surface area contributed by atoms with Crippen LogP contribution in [0.3, 0.4) is 0 Å². The van der Waals surface area contributed by atoms with Gasteiger partial charge in [0.1, 0.15) is 0 Å². The van der Waals surface area contributed by atoms with Crippen molar-refractivity contribution >= 4 is 12.0 Å². The zero-order valence-corrected chi connectivity index (χ0v) is 10.8. The lowest BCUT2D eigenvalue weighted by Crippen LogP contribution is -2.44. The van der Waals surface area contributed by atoms with Crippen LogP contribution in [-0.2, 0) is 4.79 Å². The summed E-state index contributed by atoms with van der Waals surface area (Å²) in [6.45, 7) is 5.83. The van der Waals surface area contributed by atoms with Gasteiger partial charge in [0.15, 0.2) is 0 Å². The molecular weight excluding hydrogens is 232 g/mol. The molecule has 5 nitrogen and oxygen atoms in total. The van der Waals surface area contributed by atoms with Crippen LogP contribution in [0.2, 0.25) is 0 Å². The molecule has 0 heterocycles. The molecule has 5 heteroatoms. The van der Waals surface area contributed by atoms with Crippen molar-refractivity contribution in [2.45, 2.75) is 38.6 Å². The number of carboxylic acid groups (broad SMARTS) is 1. The molecular formula is C13H22N2O3. The van der Waals surface area contributed by atoms with Crippen molar-refractivity contribution in [2.24, 2.45) is 11.8 Å². The summed E-state index contributed by atoms with van der Waals surface area (Å²) in [6, 6.07) is -0.358. The Labute approximate surface area is 108 Å². The van der Waals surface area contributed by atoms with Gasteiger partial charge in [0, 0.05) is 12.6 Å². The maximum absolute atomic E-state index is 11.5. The van der Waals surface area contributed by atoms with Gasteiger partial charge >= 0.3 is 12.0 Å². The fourth-order valence-electron chi connectivity index (χ4n) is 2.32. The molecule has 0 spiro atoms. The van der Waals surface area contributed by atoms with E-state index in [1.807, 2.05) is 6.92 Å². The van der Waals surface area contributed by atoms with Crippen LogP contribution in [0.5, 0.6) is 0 Å². The molecule has 1 rings (SSSR count). The molecule has 0 saturated heterocycles. The highest BCUT2D eigenvalue weighted by atomic mass is 16.4. The topological polar surface area (TPSA) is 78.4 Å². The second kappa shape index (κ2) is 7.03. The Hall–Kier alpha value is -1.52. The number of aliphatic carboxylic acids is 1. The largest absolute Gasteiger partial charge is 0.481 e. The zero-order chi connectivity index (χ0) is 13.5. The highest BCUT2D eigenvalue weighted by Crippen LogP contribution is 2.29. The van der Waals surface area contributed by atoms with Gasteiger partial charge in [-0.25, -0.2) is 4.79 Å². The maximum Gasteiger partial charge on any atom is 0.315 e. The monoisotopic (exact) mass is 254 g/mol. The van der Waals surface area contributed by atoms with E-state index in [1.165, 1.54) is 0 Å². The summed E-state index contributed by atoms with van der Waals surface area (Å²) in [5.41, 5.74) is 0. The molecule has 2 amide bonds. The minimum absolute atomic E-state index is 0.0426. The molecule has 0 aromatic heterocycles. The summed E-state index contributed by atoms with van der Waals surface area (Å²) in [5, 5.41) is 14.6. The maximum atomic E-state index is 11.5. The summed E-state index contributed by atoms with van der Waals surface area (Å²) in [6.07, 6.45) is 5.23. The molecule has 0 aromatic carbocycles. The number of hydrogen-bond donors (Lipinski definition) is 3. The third-order valence-electron chi connectivity index (χ3n) is 3.46. The molecule has 1 fully saturated rings. The van der Waals surface area contributed by atoms with Crippen LogP contribution in [0.4, 0.5) is 4.79 Å². The van der Waals surface area contributed by atoms with Crippen molar-refractivity contribution in [3.63, 3.8) is 0 Å². The molecule has 3 N–H and O–H groups in total. The summed E-state index contributed by atoms with van der Waals surface area (Å²) < 4.78 is 0. The SMILES string of the molecule is C=CC(C)NC(=O)NCC1CCCCC1C(=O)O. The van der Waals surface area contributed by atoms with Crippen molar-refractivity contribution in [3.05, 3.63) is 12.7 Å². The predicted molar refractivity (Wildman–Crippen MR) is 69.3 cm³/mol. The first-order chi connectivity index (χ1) is 8.54. The van der Waals surface area contributed by atoms with E-state index in [9.17, 15) is 9.59 Å². The third kappa shape index (κ3) is 4.39. The fraction of sp³-hybridized carbons (Fsp3) is 0.692. The van der Waals surface area contributed by atoms with Crippen molar-refractivity contribution in [1.29, 1.82) is 0 Å². The molecule has 3 unspecified atom stereocenters. The lowest BCUT2D eigenvalue weighted by atomic mass is 9.79. The Morgan fingerprint density at radius 2 is 2.11 bits per heavy atom. The van der Waals surface area contributed by atoms with E-state index in [4.69, 9.17) is 5.11 Å². The quantitative estimate of drug-likeness (QED) is 0.654. The van der Waals surface area contributed by atoms with Crippen LogP contribution in [0, 0.1) is 11.8 Å². The number of carbonyl (C=O) groups is 2. The Balaban J connectivity index is 2.38. The van der Waals surface area contributed by atoms with E-state index in [-0.39, 0.29) is 23.9 Å². The standard InChI is InChI=1S/C13H22N2O3/c1-3-9(2)15-13(18)14-8-10-6-4-5-7-11(10)12(16)17/h3,9-11H,1,4-8H2,2H3,(H,16,17)(H2,14,15,18). The van der Waals surface area contributed by atoms with Gasteiger partial charge in [0.25, 0.3) is 0 Å². The molecule has 102 valence electrons. The minimum atomic E-state index is -0.749. The number of hydrogen-bond acceptors (Lipinski definition) is 2. The van der Waals surface area contributed by atoms with Gasteiger partial charge in [-0.3, -0.25) is 4.79 Å². The van der Waals surface area contributed by atoms with E-state index >= 15 is 0 Å². The Bertz CT molecular complexity index is 317. The van der Waals surface area contributed by atoms with Crippen LogP contribution < -0.4 is 10.6 Å². The number of urea groups is 1. The van der Waals surface area contributed by atoms with Gasteiger partial charge in [0.2, 0.25) is 0 Å². The van der Waals surface area contributed by atoms with Gasteiger partial charge in [0.05, 0.1) is 5.92 Å². The fourth-order valence-corrected chi connectivity index (χ4v) is 2.32. The summed E-state index contributed by atoms with van der Waals surface area (Å²) in [5.74, 6) is -1.03. The lowest BCUT2D eigenvalue weighted by molar-refractivity contribution is -0.144. The van der Waals surface area contributed by atoms with Gasteiger partial charge in [-0.15, -0.1) is 6.58 Å². The first-order valence-electron chi connectivity index (χ1n) is 6.44. The molecule has 0 aromatic rings. The van der Waals surface area contributed by atoms with Crippen molar-refractivity contribution in [1.82, 2.24) is 10.6 Å². The number of carbonyl (C=O) groups excluding carboxylic acids is 1. The Morgan fingerprint density at radius 3 is 2.72 bits per heavy atom. The van der Waals surface area contributed by atoms with E-state index in [0.29, 0.717) is 13.0 Å². The highest BCUT2D eigenvalue weighted by Gasteiger charge is 2.30. The Morgan fingerprint density at radius 1 is 1.44 bits per heavy atom. The summed E-state index contributed by atoms with van der Waals surface area (Å²) in [7, 11) is 0. The lowest BCUT2D eigenvalue weighted by Gasteiger charge is -2.28.